The van der Waals surface area contributed by atoms with Crippen molar-refractivity contribution >= 4 is 81.8 Å². The van der Waals surface area contributed by atoms with Crippen molar-refractivity contribution in [1.82, 2.24) is 0 Å². The SMILES string of the molecule is NC(N)=O.O=C(OC(Cl)(Cl)Cl)OC(Cl)(Cl)Cl. The zero-order valence-electron chi connectivity index (χ0n) is 7.06. The van der Waals surface area contributed by atoms with E-state index in [-0.39, 0.29) is 0 Å². The maximum atomic E-state index is 10.5. The Morgan fingerprint density at radius 2 is 1.00 bits per heavy atom. The number of hydrogen-bond acceptors (Lipinski definition) is 4. The van der Waals surface area contributed by atoms with Crippen LogP contribution < -0.4 is 11.5 Å². The Balaban J connectivity index is 0. The molecule has 0 aromatic rings. The number of urea groups is 1. The quantitative estimate of drug-likeness (QED) is 0.514. The van der Waals surface area contributed by atoms with E-state index in [1.165, 1.54) is 0 Å². The lowest BCUT2D eigenvalue weighted by Gasteiger charge is -2.15. The van der Waals surface area contributed by atoms with Gasteiger partial charge in [-0.3, -0.25) is 0 Å². The Morgan fingerprint density at radius 3 is 1.12 bits per heavy atom. The number of amides is 2. The van der Waals surface area contributed by atoms with E-state index in [0.29, 0.717) is 0 Å². The molecule has 6 nitrogen and oxygen atoms in total. The van der Waals surface area contributed by atoms with Crippen LogP contribution in [0, 0.1) is 0 Å². The minimum atomic E-state index is -2.24. The Hall–Kier alpha value is 0.280. The highest BCUT2D eigenvalue weighted by Gasteiger charge is 2.32. The van der Waals surface area contributed by atoms with Crippen LogP contribution in [0.15, 0.2) is 0 Å². The number of carbonyl (C=O) groups excluding carboxylic acids is 2. The van der Waals surface area contributed by atoms with Gasteiger partial charge in [-0.05, 0) is 69.6 Å². The van der Waals surface area contributed by atoms with Gasteiger partial charge in [0, 0.05) is 0 Å². The Bertz CT molecular complexity index is 226. The largest absolute Gasteiger partial charge is 0.515 e. The number of alkyl halides is 6. The summed E-state index contributed by atoms with van der Waals surface area (Å²) in [5, 5.41) is 0. The average molecular weight is 357 g/mol. The predicted molar refractivity (Wildman–Crippen MR) is 61.9 cm³/mol. The number of ether oxygens (including phenoxy) is 2. The van der Waals surface area contributed by atoms with E-state index in [1.54, 1.807) is 0 Å². The Kier molecular flexibility index (Phi) is 8.83. The van der Waals surface area contributed by atoms with Crippen LogP contribution in [-0.4, -0.2) is 20.1 Å². The molecule has 0 unspecified atom stereocenters. The van der Waals surface area contributed by atoms with Crippen LogP contribution in [0.25, 0.3) is 0 Å². The highest BCUT2D eigenvalue weighted by Crippen LogP contribution is 2.32. The zero-order valence-corrected chi connectivity index (χ0v) is 11.6. The summed E-state index contributed by atoms with van der Waals surface area (Å²) in [6.45, 7) is 0. The van der Waals surface area contributed by atoms with Crippen LogP contribution >= 0.6 is 69.6 Å². The van der Waals surface area contributed by atoms with Crippen LogP contribution in [-0.2, 0) is 9.47 Å². The zero-order chi connectivity index (χ0) is 13.6. The fourth-order valence-corrected chi connectivity index (χ4v) is 0.588. The first kappa shape index (κ1) is 18.6. The third kappa shape index (κ3) is 23.8. The molecule has 0 bridgehead atoms. The molecule has 4 N–H and O–H groups in total. The molecule has 12 heteroatoms. The van der Waals surface area contributed by atoms with Crippen molar-refractivity contribution in [1.29, 1.82) is 0 Å². The maximum absolute atomic E-state index is 10.5. The molecule has 0 radical (unpaired) electrons. The van der Waals surface area contributed by atoms with Gasteiger partial charge in [0.05, 0.1) is 0 Å². The lowest BCUT2D eigenvalue weighted by atomic mass is 11.2. The second-order valence-electron chi connectivity index (χ2n) is 1.75. The van der Waals surface area contributed by atoms with Crippen molar-refractivity contribution in [3.05, 3.63) is 0 Å². The first-order chi connectivity index (χ1) is 6.83. The monoisotopic (exact) mass is 354 g/mol. The molecule has 0 atom stereocenters. The van der Waals surface area contributed by atoms with Gasteiger partial charge in [-0.25, -0.2) is 9.59 Å². The van der Waals surface area contributed by atoms with Crippen LogP contribution in [0.1, 0.15) is 0 Å². The molecule has 0 aromatic carbocycles. The van der Waals surface area contributed by atoms with Crippen molar-refractivity contribution in [3.63, 3.8) is 0 Å². The first-order valence-corrected chi connectivity index (χ1v) is 5.20. The number of halogens is 6. The second kappa shape index (κ2) is 7.58. The van der Waals surface area contributed by atoms with Crippen molar-refractivity contribution in [2.45, 2.75) is 7.96 Å². The molecule has 0 aliphatic heterocycles. The molecule has 96 valence electrons. The van der Waals surface area contributed by atoms with Gasteiger partial charge in [0.1, 0.15) is 0 Å². The highest BCUT2D eigenvalue weighted by atomic mass is 35.6. The summed E-state index contributed by atoms with van der Waals surface area (Å²) in [6, 6.07) is -0.833. The van der Waals surface area contributed by atoms with Crippen LogP contribution in [0.3, 0.4) is 0 Å². The van der Waals surface area contributed by atoms with Gasteiger partial charge in [0.15, 0.2) is 0 Å². The van der Waals surface area contributed by atoms with E-state index in [4.69, 9.17) is 74.4 Å². The van der Waals surface area contributed by atoms with Gasteiger partial charge in [-0.2, -0.15) is 0 Å². The van der Waals surface area contributed by atoms with Crippen molar-refractivity contribution in [2.24, 2.45) is 11.5 Å². The van der Waals surface area contributed by atoms with E-state index >= 15 is 0 Å². The molecule has 0 saturated carbocycles. The smallest absolute Gasteiger partial charge is 0.382 e. The van der Waals surface area contributed by atoms with Gasteiger partial charge < -0.3 is 20.9 Å². The highest BCUT2D eigenvalue weighted by molar-refractivity contribution is 6.67. The Labute approximate surface area is 120 Å². The number of primary amides is 2. The third-order valence-electron chi connectivity index (χ3n) is 0.398. The van der Waals surface area contributed by atoms with Crippen molar-refractivity contribution in [2.75, 3.05) is 0 Å². The van der Waals surface area contributed by atoms with Crippen molar-refractivity contribution in [3.8, 4) is 0 Å². The molecule has 0 fully saturated rings. The van der Waals surface area contributed by atoms with Gasteiger partial charge in [0.2, 0.25) is 0 Å². The summed E-state index contributed by atoms with van der Waals surface area (Å²) in [5.41, 5.74) is 8.50. The summed E-state index contributed by atoms with van der Waals surface area (Å²) in [7, 11) is 0. The third-order valence-corrected chi connectivity index (χ3v) is 0.861. The molecule has 0 aliphatic rings. The summed E-state index contributed by atoms with van der Waals surface area (Å²) in [4.78, 5) is 19.5. The molecule has 0 heterocycles. The summed E-state index contributed by atoms with van der Waals surface area (Å²) in [5.74, 6) is 0. The van der Waals surface area contributed by atoms with Crippen molar-refractivity contribution < 1.29 is 19.1 Å². The standard InChI is InChI=1S/C3Cl6O3.CH4N2O/c4-2(5,6)11-1(10)12-3(7,8)9;2-1(3)4/h;(H4,2,3,4). The minimum absolute atomic E-state index is 0.833. The molecule has 2 amide bonds. The van der Waals surface area contributed by atoms with Crippen LogP contribution in [0.5, 0.6) is 0 Å². The molecular weight excluding hydrogens is 353 g/mol. The van der Waals surface area contributed by atoms with E-state index in [2.05, 4.69) is 20.9 Å². The first-order valence-electron chi connectivity index (χ1n) is 2.94. The van der Waals surface area contributed by atoms with E-state index < -0.39 is 20.1 Å². The van der Waals surface area contributed by atoms with E-state index in [9.17, 15) is 4.79 Å². The number of carbonyl (C=O) groups is 2. The lowest BCUT2D eigenvalue weighted by Crippen LogP contribution is -2.22. The number of nitrogens with two attached hydrogens (primary N) is 2. The number of hydrogen-bond donors (Lipinski definition) is 2. The fraction of sp³-hybridized carbons (Fsp3) is 0.500. The average Bonchev–Trinajstić information content (AvgIpc) is 1.72. The van der Waals surface area contributed by atoms with Crippen LogP contribution in [0.2, 0.25) is 0 Å². The van der Waals surface area contributed by atoms with Gasteiger partial charge in [0.25, 0.3) is 0 Å². The maximum Gasteiger partial charge on any atom is 0.515 e. The summed E-state index contributed by atoms with van der Waals surface area (Å²) in [6.07, 6.45) is -1.41. The topological polar surface area (TPSA) is 105 Å². The molecule has 0 aliphatic carbocycles. The minimum Gasteiger partial charge on any atom is -0.382 e. The Morgan fingerprint density at radius 1 is 0.812 bits per heavy atom. The summed E-state index contributed by atoms with van der Waals surface area (Å²) >= 11 is 30.2. The predicted octanol–water partition coefficient (Wildman–Crippen LogP) is 2.82. The fourth-order valence-electron chi connectivity index (χ4n) is 0.210. The van der Waals surface area contributed by atoms with Gasteiger partial charge in [-0.1, -0.05) is 0 Å². The second-order valence-corrected chi connectivity index (χ2v) is 6.10. The van der Waals surface area contributed by atoms with Gasteiger partial charge in [-0.15, -0.1) is 0 Å². The molecule has 16 heavy (non-hydrogen) atoms. The summed E-state index contributed by atoms with van der Waals surface area (Å²) < 4.78 is 3.50. The number of rotatable bonds is 0. The lowest BCUT2D eigenvalue weighted by molar-refractivity contribution is 0.0508. The van der Waals surface area contributed by atoms with E-state index in [0.717, 1.165) is 0 Å². The molecule has 0 saturated heterocycles. The normalized spacial score (nSPS) is 10.9. The molecule has 0 rings (SSSR count). The van der Waals surface area contributed by atoms with E-state index in [1.807, 2.05) is 0 Å². The molecular formula is C4H4Cl6N2O4. The molecule has 0 aromatic heterocycles. The molecule has 0 spiro atoms. The van der Waals surface area contributed by atoms with Gasteiger partial charge >= 0.3 is 20.1 Å². The van der Waals surface area contributed by atoms with Crippen LogP contribution in [0.4, 0.5) is 9.59 Å².